The van der Waals surface area contributed by atoms with Crippen LogP contribution in [0, 0.1) is 0 Å². The van der Waals surface area contributed by atoms with Crippen molar-refractivity contribution in [1.29, 1.82) is 0 Å². The van der Waals surface area contributed by atoms with Crippen LogP contribution in [0.25, 0.3) is 0 Å². The minimum Gasteiger partial charge on any atom is -0.310 e. The van der Waals surface area contributed by atoms with Gasteiger partial charge in [-0.2, -0.15) is 0 Å². The van der Waals surface area contributed by atoms with Crippen LogP contribution in [-0.4, -0.2) is 26.8 Å². The first-order chi connectivity index (χ1) is 6.05. The first kappa shape index (κ1) is 10.1. The van der Waals surface area contributed by atoms with Gasteiger partial charge in [-0.15, -0.1) is 5.10 Å². The molecule has 0 spiro atoms. The summed E-state index contributed by atoms with van der Waals surface area (Å²) in [7, 11) is 0. The Hall–Kier alpha value is -0.970. The zero-order valence-electron chi connectivity index (χ0n) is 8.70. The monoisotopic (exact) mass is 183 g/mol. The Morgan fingerprint density at radius 1 is 1.38 bits per heavy atom. The van der Waals surface area contributed by atoms with Gasteiger partial charge in [0.1, 0.15) is 0 Å². The first-order valence-corrected chi connectivity index (χ1v) is 4.54. The molecule has 0 fully saturated rings. The van der Waals surface area contributed by atoms with E-state index in [1.54, 1.807) is 0 Å². The van der Waals surface area contributed by atoms with Crippen molar-refractivity contribution < 1.29 is 0 Å². The Balaban J connectivity index is 2.77. The van der Waals surface area contributed by atoms with Gasteiger partial charge in [0.05, 0.1) is 12.1 Å². The van der Waals surface area contributed by atoms with Crippen LogP contribution in [-0.2, 0) is 12.1 Å². The Kier molecular flexibility index (Phi) is 2.98. The quantitative estimate of drug-likeness (QED) is 0.743. The van der Waals surface area contributed by atoms with Crippen molar-refractivity contribution in [3.05, 3.63) is 5.82 Å². The Labute approximate surface area is 78.5 Å². The summed E-state index contributed by atoms with van der Waals surface area (Å²) in [5.74, 6) is 0.884. The molecule has 1 rings (SSSR count). The maximum atomic E-state index is 3.96. The molecule has 1 heterocycles. The number of rotatable bonds is 3. The van der Waals surface area contributed by atoms with Gasteiger partial charge in [-0.3, -0.25) is 0 Å². The summed E-state index contributed by atoms with van der Waals surface area (Å²) in [6, 6.07) is 0. The molecule has 0 radical (unpaired) electrons. The molecular weight excluding hydrogens is 166 g/mol. The smallest absolute Gasteiger partial charge is 0.165 e. The van der Waals surface area contributed by atoms with Crippen molar-refractivity contribution in [2.24, 2.45) is 0 Å². The van der Waals surface area contributed by atoms with Crippen LogP contribution in [0.15, 0.2) is 0 Å². The van der Waals surface area contributed by atoms with Crippen molar-refractivity contribution in [1.82, 2.24) is 25.5 Å². The van der Waals surface area contributed by atoms with Crippen LogP contribution in [0.4, 0.5) is 0 Å². The van der Waals surface area contributed by atoms with Gasteiger partial charge >= 0.3 is 0 Å². The van der Waals surface area contributed by atoms with E-state index in [-0.39, 0.29) is 5.54 Å². The fourth-order valence-corrected chi connectivity index (χ4v) is 1.07. The zero-order valence-corrected chi connectivity index (χ0v) is 8.70. The summed E-state index contributed by atoms with van der Waals surface area (Å²) in [4.78, 5) is 0. The van der Waals surface area contributed by atoms with Gasteiger partial charge in [-0.05, 0) is 37.7 Å². The van der Waals surface area contributed by atoms with E-state index < -0.39 is 0 Å². The van der Waals surface area contributed by atoms with E-state index in [1.807, 2.05) is 4.68 Å². The lowest BCUT2D eigenvalue weighted by atomic mass is 10.1. The van der Waals surface area contributed by atoms with Crippen LogP contribution >= 0.6 is 0 Å². The third-order valence-corrected chi connectivity index (χ3v) is 1.70. The molecule has 1 aromatic rings. The molecule has 0 aromatic carbocycles. The predicted molar refractivity (Wildman–Crippen MR) is 50.2 cm³/mol. The van der Waals surface area contributed by atoms with Crippen LogP contribution in [0.2, 0.25) is 0 Å². The number of nitrogens with one attached hydrogen (secondary N) is 1. The van der Waals surface area contributed by atoms with Crippen molar-refractivity contribution in [2.75, 3.05) is 6.54 Å². The number of nitrogens with zero attached hydrogens (tertiary/aromatic N) is 4. The number of hydrogen-bond donors (Lipinski definition) is 1. The molecule has 1 aromatic heterocycles. The van der Waals surface area contributed by atoms with Gasteiger partial charge in [0.2, 0.25) is 0 Å². The van der Waals surface area contributed by atoms with E-state index in [1.165, 1.54) is 0 Å². The van der Waals surface area contributed by atoms with Crippen molar-refractivity contribution in [2.45, 2.75) is 39.8 Å². The van der Waals surface area contributed by atoms with Gasteiger partial charge in [0.25, 0.3) is 0 Å². The number of hydrogen-bond acceptors (Lipinski definition) is 4. The molecule has 0 unspecified atom stereocenters. The van der Waals surface area contributed by atoms with E-state index in [9.17, 15) is 0 Å². The highest BCUT2D eigenvalue weighted by Gasteiger charge is 2.18. The molecule has 0 amide bonds. The second-order valence-corrected chi connectivity index (χ2v) is 3.96. The third kappa shape index (κ3) is 2.48. The van der Waals surface area contributed by atoms with Crippen molar-refractivity contribution in [3.8, 4) is 0 Å². The topological polar surface area (TPSA) is 55.6 Å². The lowest BCUT2D eigenvalue weighted by Crippen LogP contribution is -2.28. The molecule has 1 N–H and O–H groups in total. The largest absolute Gasteiger partial charge is 0.310 e. The minimum atomic E-state index is -0.0474. The van der Waals surface area contributed by atoms with Gasteiger partial charge in [-0.25, -0.2) is 4.68 Å². The van der Waals surface area contributed by atoms with Crippen molar-refractivity contribution >= 4 is 0 Å². The molecule has 5 heteroatoms. The maximum absolute atomic E-state index is 3.96. The molecule has 0 aliphatic carbocycles. The highest BCUT2D eigenvalue weighted by Crippen LogP contribution is 2.12. The molecule has 0 saturated heterocycles. The lowest BCUT2D eigenvalue weighted by molar-refractivity contribution is 0.332. The van der Waals surface area contributed by atoms with E-state index in [2.05, 4.69) is 48.5 Å². The summed E-state index contributed by atoms with van der Waals surface area (Å²) >= 11 is 0. The molecule has 74 valence electrons. The van der Waals surface area contributed by atoms with E-state index in [4.69, 9.17) is 0 Å². The Bertz CT molecular complexity index is 260. The van der Waals surface area contributed by atoms with Crippen LogP contribution in [0.5, 0.6) is 0 Å². The normalized spacial score (nSPS) is 12.0. The second kappa shape index (κ2) is 3.83. The van der Waals surface area contributed by atoms with Crippen molar-refractivity contribution in [3.63, 3.8) is 0 Å². The molecule has 13 heavy (non-hydrogen) atoms. The summed E-state index contributed by atoms with van der Waals surface area (Å²) < 4.78 is 1.84. The summed E-state index contributed by atoms with van der Waals surface area (Å²) in [5.41, 5.74) is -0.0474. The Morgan fingerprint density at radius 3 is 2.62 bits per heavy atom. The van der Waals surface area contributed by atoms with Gasteiger partial charge < -0.3 is 5.32 Å². The first-order valence-electron chi connectivity index (χ1n) is 4.54. The molecule has 5 nitrogen and oxygen atoms in total. The SMILES string of the molecule is CCNCc1nnnn1C(C)(C)C. The van der Waals surface area contributed by atoms with Crippen LogP contribution < -0.4 is 5.32 Å². The van der Waals surface area contributed by atoms with E-state index in [0.717, 1.165) is 18.9 Å². The second-order valence-electron chi connectivity index (χ2n) is 3.96. The molecule has 0 aliphatic rings. The molecule has 0 atom stereocenters. The lowest BCUT2D eigenvalue weighted by Gasteiger charge is -2.19. The highest BCUT2D eigenvalue weighted by molar-refractivity contribution is 4.85. The van der Waals surface area contributed by atoms with E-state index >= 15 is 0 Å². The van der Waals surface area contributed by atoms with Crippen LogP contribution in [0.3, 0.4) is 0 Å². The molecule has 0 saturated carbocycles. The molecular formula is C8H17N5. The fraction of sp³-hybridized carbons (Fsp3) is 0.875. The standard InChI is InChI=1S/C8H17N5/c1-5-9-6-7-10-11-12-13(7)8(2,3)4/h9H,5-6H2,1-4H3. The van der Waals surface area contributed by atoms with E-state index in [0.29, 0.717) is 0 Å². The molecule has 0 bridgehead atoms. The highest BCUT2D eigenvalue weighted by atomic mass is 15.6. The van der Waals surface area contributed by atoms with Gasteiger partial charge in [0, 0.05) is 0 Å². The van der Waals surface area contributed by atoms with Gasteiger partial charge in [0.15, 0.2) is 5.82 Å². The third-order valence-electron chi connectivity index (χ3n) is 1.70. The summed E-state index contributed by atoms with van der Waals surface area (Å²) in [5, 5.41) is 14.8. The average molecular weight is 183 g/mol. The summed E-state index contributed by atoms with van der Waals surface area (Å²) in [6.45, 7) is 9.96. The van der Waals surface area contributed by atoms with Gasteiger partial charge in [-0.1, -0.05) is 6.92 Å². The predicted octanol–water partition coefficient (Wildman–Crippen LogP) is 0.538. The maximum Gasteiger partial charge on any atom is 0.165 e. The van der Waals surface area contributed by atoms with Crippen LogP contribution in [0.1, 0.15) is 33.5 Å². The summed E-state index contributed by atoms with van der Waals surface area (Å²) in [6.07, 6.45) is 0. The zero-order chi connectivity index (χ0) is 9.90. The number of tetrazole rings is 1. The minimum absolute atomic E-state index is 0.0474. The average Bonchev–Trinajstić information content (AvgIpc) is 2.47. The number of aromatic nitrogens is 4. The Morgan fingerprint density at radius 2 is 2.08 bits per heavy atom. The molecule has 0 aliphatic heterocycles. The fourth-order valence-electron chi connectivity index (χ4n) is 1.07.